The Bertz CT molecular complexity index is 72.5. The van der Waals surface area contributed by atoms with Crippen LogP contribution in [0.15, 0.2) is 12.3 Å². The van der Waals surface area contributed by atoms with Crippen LogP contribution in [0.3, 0.4) is 0 Å². The molecule has 1 nitrogen and oxygen atoms in total. The van der Waals surface area contributed by atoms with Gasteiger partial charge in [-0.05, 0) is 12.8 Å². The Balaban J connectivity index is 3.52. The predicted molar refractivity (Wildman–Crippen MR) is 35.8 cm³/mol. The predicted octanol–water partition coefficient (Wildman–Crippen LogP) is 2.49. The molecule has 0 saturated heterocycles. The minimum Gasteiger partial charge on any atom is -0.513 e. The van der Waals surface area contributed by atoms with Crippen LogP contribution in [0.5, 0.6) is 0 Å². The molecule has 0 unspecified atom stereocenters. The lowest BCUT2D eigenvalue weighted by Gasteiger charge is -2.07. The van der Waals surface area contributed by atoms with E-state index in [9.17, 15) is 0 Å². The van der Waals surface area contributed by atoms with E-state index in [4.69, 9.17) is 5.11 Å². The number of aliphatic hydroxyl groups excluding tert-OH is 1. The van der Waals surface area contributed by atoms with E-state index in [-0.39, 0.29) is 0 Å². The Morgan fingerprint density at radius 2 is 1.88 bits per heavy atom. The van der Waals surface area contributed by atoms with Gasteiger partial charge in [0, 0.05) is 5.92 Å². The first-order chi connectivity index (χ1) is 3.72. The van der Waals surface area contributed by atoms with Gasteiger partial charge >= 0.3 is 0 Å². The van der Waals surface area contributed by atoms with Crippen molar-refractivity contribution in [2.75, 3.05) is 0 Å². The molecular weight excluding hydrogens is 100 g/mol. The van der Waals surface area contributed by atoms with Crippen molar-refractivity contribution in [2.24, 2.45) is 5.92 Å². The third kappa shape index (κ3) is 2.01. The molecule has 0 saturated carbocycles. The summed E-state index contributed by atoms with van der Waals surface area (Å²) in [6.07, 6.45) is 1.98. The summed E-state index contributed by atoms with van der Waals surface area (Å²) in [6, 6.07) is 0. The number of rotatable bonds is 3. The van der Waals surface area contributed by atoms with Gasteiger partial charge in [0.1, 0.15) is 0 Å². The molecule has 0 radical (unpaired) electrons. The molecular formula is C7H14O. The number of aliphatic hydroxyl groups is 1. The lowest BCUT2D eigenvalue weighted by molar-refractivity contribution is 0.321. The molecule has 0 aliphatic rings. The highest BCUT2D eigenvalue weighted by Gasteiger charge is 2.03. The van der Waals surface area contributed by atoms with Crippen LogP contribution in [0, 0.1) is 5.92 Å². The third-order valence-electron chi connectivity index (χ3n) is 1.46. The fourth-order valence-corrected chi connectivity index (χ4v) is 0.760. The van der Waals surface area contributed by atoms with Crippen LogP contribution in [0.1, 0.15) is 26.7 Å². The Labute approximate surface area is 51.0 Å². The van der Waals surface area contributed by atoms with Crippen molar-refractivity contribution < 1.29 is 5.11 Å². The molecule has 0 aliphatic heterocycles. The van der Waals surface area contributed by atoms with Crippen LogP contribution in [-0.2, 0) is 0 Å². The first kappa shape index (κ1) is 7.54. The summed E-state index contributed by atoms with van der Waals surface area (Å²) in [5.74, 6) is 0.644. The lowest BCUT2D eigenvalue weighted by Crippen LogP contribution is -1.98. The van der Waals surface area contributed by atoms with Gasteiger partial charge in [-0.1, -0.05) is 20.4 Å². The van der Waals surface area contributed by atoms with Crippen molar-refractivity contribution >= 4 is 0 Å². The second-order valence-corrected chi connectivity index (χ2v) is 2.00. The largest absolute Gasteiger partial charge is 0.513 e. The van der Waals surface area contributed by atoms with Crippen molar-refractivity contribution in [2.45, 2.75) is 26.7 Å². The first-order valence-electron chi connectivity index (χ1n) is 3.10. The molecule has 0 fully saturated rings. The highest BCUT2D eigenvalue weighted by Crippen LogP contribution is 2.13. The molecule has 0 heterocycles. The van der Waals surface area contributed by atoms with Gasteiger partial charge in [0.2, 0.25) is 0 Å². The zero-order valence-electron chi connectivity index (χ0n) is 5.65. The molecule has 1 heteroatoms. The van der Waals surface area contributed by atoms with Crippen LogP contribution in [0.25, 0.3) is 0 Å². The third-order valence-corrected chi connectivity index (χ3v) is 1.46. The van der Waals surface area contributed by atoms with E-state index in [1.54, 1.807) is 0 Å². The van der Waals surface area contributed by atoms with E-state index in [0.29, 0.717) is 11.7 Å². The van der Waals surface area contributed by atoms with Gasteiger partial charge in [-0.15, -0.1) is 0 Å². The van der Waals surface area contributed by atoms with Crippen LogP contribution >= 0.6 is 0 Å². The van der Waals surface area contributed by atoms with E-state index < -0.39 is 0 Å². The SMILES string of the molecule is C=C(O)C(CC)CC. The van der Waals surface area contributed by atoms with Crippen molar-refractivity contribution in [3.63, 3.8) is 0 Å². The van der Waals surface area contributed by atoms with E-state index >= 15 is 0 Å². The van der Waals surface area contributed by atoms with Crippen molar-refractivity contribution in [3.8, 4) is 0 Å². The summed E-state index contributed by atoms with van der Waals surface area (Å²) in [7, 11) is 0. The van der Waals surface area contributed by atoms with Crippen LogP contribution in [-0.4, -0.2) is 5.11 Å². The number of allylic oxidation sites excluding steroid dienone is 1. The number of hydrogen-bond donors (Lipinski definition) is 1. The Hall–Kier alpha value is -0.460. The van der Waals surface area contributed by atoms with Gasteiger partial charge in [0.25, 0.3) is 0 Å². The second-order valence-electron chi connectivity index (χ2n) is 2.00. The molecule has 48 valence electrons. The molecule has 0 bridgehead atoms. The molecule has 0 aliphatic carbocycles. The highest BCUT2D eigenvalue weighted by molar-refractivity contribution is 4.86. The van der Waals surface area contributed by atoms with Gasteiger partial charge in [-0.3, -0.25) is 0 Å². The Kier molecular flexibility index (Phi) is 3.33. The molecule has 0 aromatic carbocycles. The standard InChI is InChI=1S/C7H14O/c1-4-7(5-2)6(3)8/h7-8H,3-5H2,1-2H3. The molecule has 0 spiro atoms. The normalized spacial score (nSPS) is 9.88. The summed E-state index contributed by atoms with van der Waals surface area (Å²) in [5, 5.41) is 8.82. The minimum absolute atomic E-state index is 0.315. The molecule has 0 amide bonds. The van der Waals surface area contributed by atoms with Crippen molar-refractivity contribution in [1.29, 1.82) is 0 Å². The van der Waals surface area contributed by atoms with Gasteiger partial charge < -0.3 is 5.11 Å². The first-order valence-corrected chi connectivity index (χ1v) is 3.10. The van der Waals surface area contributed by atoms with Gasteiger partial charge in [-0.25, -0.2) is 0 Å². The smallest absolute Gasteiger partial charge is 0.0881 e. The van der Waals surface area contributed by atoms with E-state index in [2.05, 4.69) is 20.4 Å². The monoisotopic (exact) mass is 114 g/mol. The average Bonchev–Trinajstić information content (AvgIpc) is 1.69. The Morgan fingerprint density at radius 1 is 1.50 bits per heavy atom. The maximum atomic E-state index is 8.82. The van der Waals surface area contributed by atoms with Crippen LogP contribution in [0.4, 0.5) is 0 Å². The van der Waals surface area contributed by atoms with Gasteiger partial charge in [0.15, 0.2) is 0 Å². The fourth-order valence-electron chi connectivity index (χ4n) is 0.760. The Morgan fingerprint density at radius 3 is 1.88 bits per heavy atom. The second kappa shape index (κ2) is 3.53. The summed E-state index contributed by atoms with van der Waals surface area (Å²) in [4.78, 5) is 0. The maximum Gasteiger partial charge on any atom is 0.0881 e. The molecule has 0 atom stereocenters. The van der Waals surface area contributed by atoms with E-state index in [0.717, 1.165) is 12.8 Å². The van der Waals surface area contributed by atoms with Crippen LogP contribution in [0.2, 0.25) is 0 Å². The molecule has 1 N–H and O–H groups in total. The zero-order chi connectivity index (χ0) is 6.57. The minimum atomic E-state index is 0.315. The quantitative estimate of drug-likeness (QED) is 0.559. The molecule has 0 rings (SSSR count). The van der Waals surface area contributed by atoms with Gasteiger partial charge in [-0.2, -0.15) is 0 Å². The summed E-state index contributed by atoms with van der Waals surface area (Å²) >= 11 is 0. The van der Waals surface area contributed by atoms with E-state index in [1.165, 1.54) is 0 Å². The molecule has 0 aromatic rings. The van der Waals surface area contributed by atoms with Crippen LogP contribution < -0.4 is 0 Å². The number of hydrogen-bond acceptors (Lipinski definition) is 1. The average molecular weight is 114 g/mol. The zero-order valence-corrected chi connectivity index (χ0v) is 5.65. The fraction of sp³-hybridized carbons (Fsp3) is 0.714. The topological polar surface area (TPSA) is 20.2 Å². The van der Waals surface area contributed by atoms with Crippen molar-refractivity contribution in [1.82, 2.24) is 0 Å². The maximum absolute atomic E-state index is 8.82. The van der Waals surface area contributed by atoms with Gasteiger partial charge in [0.05, 0.1) is 5.76 Å². The summed E-state index contributed by atoms with van der Waals surface area (Å²) in [5.41, 5.74) is 0. The van der Waals surface area contributed by atoms with E-state index in [1.807, 2.05) is 0 Å². The van der Waals surface area contributed by atoms with Crippen molar-refractivity contribution in [3.05, 3.63) is 12.3 Å². The molecule has 0 aromatic heterocycles. The lowest BCUT2D eigenvalue weighted by atomic mass is 10.0. The summed E-state index contributed by atoms with van der Waals surface area (Å²) < 4.78 is 0. The molecule has 8 heavy (non-hydrogen) atoms. The highest BCUT2D eigenvalue weighted by atomic mass is 16.3. The summed E-state index contributed by atoms with van der Waals surface area (Å²) in [6.45, 7) is 7.56.